The van der Waals surface area contributed by atoms with Crippen molar-refractivity contribution in [1.82, 2.24) is 5.48 Å². The summed E-state index contributed by atoms with van der Waals surface area (Å²) < 4.78 is 12.8. The lowest BCUT2D eigenvalue weighted by Gasteiger charge is -2.07. The van der Waals surface area contributed by atoms with Gasteiger partial charge in [0.05, 0.1) is 0 Å². The van der Waals surface area contributed by atoms with Crippen molar-refractivity contribution in [2.24, 2.45) is 0 Å². The average Bonchev–Trinajstić information content (AvgIpc) is 2.11. The van der Waals surface area contributed by atoms with Crippen molar-refractivity contribution in [3.63, 3.8) is 0 Å². The van der Waals surface area contributed by atoms with Crippen LogP contribution in [0.3, 0.4) is 0 Å². The first kappa shape index (κ1) is 10.0. The van der Waals surface area contributed by atoms with Crippen LogP contribution in [0, 0.1) is 5.82 Å². The SMILES string of the molecule is ONCc1cc(F)c(O)c(Cl)c1O. The molecule has 0 aliphatic rings. The molecule has 0 fully saturated rings. The Kier molecular flexibility index (Phi) is 2.92. The summed E-state index contributed by atoms with van der Waals surface area (Å²) in [6.07, 6.45) is 0. The largest absolute Gasteiger partial charge is 0.506 e. The Bertz CT molecular complexity index is 332. The normalized spacial score (nSPS) is 10.4. The number of hydroxylamine groups is 1. The molecule has 0 unspecified atom stereocenters. The molecule has 6 heteroatoms. The lowest BCUT2D eigenvalue weighted by molar-refractivity contribution is 0.160. The predicted octanol–water partition coefficient (Wildman–Crippen LogP) is 1.37. The zero-order chi connectivity index (χ0) is 10.0. The molecule has 0 bridgehead atoms. The third kappa shape index (κ3) is 1.82. The molecule has 0 aliphatic carbocycles. The number of nitrogens with one attached hydrogen (secondary N) is 1. The van der Waals surface area contributed by atoms with E-state index >= 15 is 0 Å². The zero-order valence-electron chi connectivity index (χ0n) is 6.38. The number of halogens is 2. The molecule has 0 amide bonds. The minimum atomic E-state index is -0.951. The molecular formula is C7H7ClFNO3. The van der Waals surface area contributed by atoms with E-state index in [2.05, 4.69) is 0 Å². The quantitative estimate of drug-likeness (QED) is 0.553. The van der Waals surface area contributed by atoms with Gasteiger partial charge in [-0.2, -0.15) is 0 Å². The maximum atomic E-state index is 12.8. The van der Waals surface area contributed by atoms with E-state index in [1.807, 2.05) is 0 Å². The number of benzene rings is 1. The Morgan fingerprint density at radius 2 is 2.00 bits per heavy atom. The van der Waals surface area contributed by atoms with Gasteiger partial charge in [0.2, 0.25) is 0 Å². The molecule has 0 saturated heterocycles. The van der Waals surface area contributed by atoms with Gasteiger partial charge in [-0.1, -0.05) is 11.6 Å². The van der Waals surface area contributed by atoms with Gasteiger partial charge in [0.15, 0.2) is 11.6 Å². The number of phenolic OH excluding ortho intramolecular Hbond substituents is 2. The summed E-state index contributed by atoms with van der Waals surface area (Å²) in [5.74, 6) is -2.21. The fourth-order valence-corrected chi connectivity index (χ4v) is 1.08. The lowest BCUT2D eigenvalue weighted by Crippen LogP contribution is -2.06. The highest BCUT2D eigenvalue weighted by Gasteiger charge is 2.14. The molecule has 13 heavy (non-hydrogen) atoms. The average molecular weight is 208 g/mol. The highest BCUT2D eigenvalue weighted by atomic mass is 35.5. The topological polar surface area (TPSA) is 72.7 Å². The zero-order valence-corrected chi connectivity index (χ0v) is 7.14. The van der Waals surface area contributed by atoms with Crippen LogP contribution in [0.15, 0.2) is 6.07 Å². The van der Waals surface area contributed by atoms with Crippen LogP contribution in [0.4, 0.5) is 4.39 Å². The van der Waals surface area contributed by atoms with Crippen molar-refractivity contribution in [3.8, 4) is 11.5 Å². The summed E-state index contributed by atoms with van der Waals surface area (Å²) in [5, 5.41) is 26.0. The Morgan fingerprint density at radius 1 is 1.38 bits per heavy atom. The minimum absolute atomic E-state index is 0.0581. The molecule has 4 nitrogen and oxygen atoms in total. The molecule has 4 N–H and O–H groups in total. The maximum Gasteiger partial charge on any atom is 0.174 e. The lowest BCUT2D eigenvalue weighted by atomic mass is 10.2. The molecule has 1 rings (SSSR count). The van der Waals surface area contributed by atoms with Gasteiger partial charge in [0.25, 0.3) is 0 Å². The van der Waals surface area contributed by atoms with Crippen molar-refractivity contribution in [2.75, 3.05) is 0 Å². The van der Waals surface area contributed by atoms with E-state index in [1.54, 1.807) is 5.48 Å². The fraction of sp³-hybridized carbons (Fsp3) is 0.143. The van der Waals surface area contributed by atoms with Gasteiger partial charge in [0, 0.05) is 12.1 Å². The monoisotopic (exact) mass is 207 g/mol. The van der Waals surface area contributed by atoms with Gasteiger partial charge in [-0.15, -0.1) is 0 Å². The molecule has 0 saturated carbocycles. The number of hydrogen-bond acceptors (Lipinski definition) is 4. The van der Waals surface area contributed by atoms with E-state index in [-0.39, 0.29) is 12.1 Å². The summed E-state index contributed by atoms with van der Waals surface area (Å²) in [4.78, 5) is 0. The molecule has 1 aromatic rings. The molecule has 0 aliphatic heterocycles. The Balaban J connectivity index is 3.24. The number of rotatable bonds is 2. The van der Waals surface area contributed by atoms with E-state index in [9.17, 15) is 9.50 Å². The van der Waals surface area contributed by atoms with Crippen LogP contribution in [-0.2, 0) is 6.54 Å². The van der Waals surface area contributed by atoms with Crippen molar-refractivity contribution >= 4 is 11.6 Å². The van der Waals surface area contributed by atoms with Crippen LogP contribution in [0.25, 0.3) is 0 Å². The van der Waals surface area contributed by atoms with E-state index < -0.39 is 22.3 Å². The van der Waals surface area contributed by atoms with Gasteiger partial charge in [-0.25, -0.2) is 9.87 Å². The minimum Gasteiger partial charge on any atom is -0.506 e. The molecule has 72 valence electrons. The second kappa shape index (κ2) is 3.78. The molecule has 0 aromatic heterocycles. The molecular weight excluding hydrogens is 201 g/mol. The maximum absolute atomic E-state index is 12.8. The summed E-state index contributed by atoms with van der Waals surface area (Å²) in [6, 6.07) is 0.875. The Hall–Kier alpha value is -1.04. The molecule has 0 atom stereocenters. The van der Waals surface area contributed by atoms with Crippen LogP contribution in [0.2, 0.25) is 5.02 Å². The van der Waals surface area contributed by atoms with Crippen molar-refractivity contribution in [3.05, 3.63) is 22.5 Å². The number of phenols is 2. The van der Waals surface area contributed by atoms with E-state index in [0.29, 0.717) is 0 Å². The van der Waals surface area contributed by atoms with E-state index in [1.165, 1.54) is 0 Å². The fourth-order valence-electron chi connectivity index (χ4n) is 0.868. The Morgan fingerprint density at radius 3 is 2.54 bits per heavy atom. The van der Waals surface area contributed by atoms with Crippen LogP contribution in [0.1, 0.15) is 5.56 Å². The third-order valence-corrected chi connectivity index (χ3v) is 1.87. The van der Waals surface area contributed by atoms with Gasteiger partial charge >= 0.3 is 0 Å². The smallest absolute Gasteiger partial charge is 0.174 e. The van der Waals surface area contributed by atoms with Crippen molar-refractivity contribution in [1.29, 1.82) is 0 Å². The van der Waals surface area contributed by atoms with E-state index in [0.717, 1.165) is 6.07 Å². The second-order valence-electron chi connectivity index (χ2n) is 2.36. The van der Waals surface area contributed by atoms with Crippen molar-refractivity contribution < 1.29 is 19.8 Å². The number of hydrogen-bond donors (Lipinski definition) is 4. The summed E-state index contributed by atoms with van der Waals surface area (Å²) in [7, 11) is 0. The molecule has 1 aromatic carbocycles. The first-order valence-corrected chi connectivity index (χ1v) is 3.71. The van der Waals surface area contributed by atoms with Gasteiger partial charge in [-0.05, 0) is 6.07 Å². The molecule has 0 radical (unpaired) electrons. The first-order chi connectivity index (χ1) is 6.07. The number of aromatic hydroxyl groups is 2. The summed E-state index contributed by atoms with van der Waals surface area (Å²) >= 11 is 5.37. The van der Waals surface area contributed by atoms with Gasteiger partial charge < -0.3 is 15.4 Å². The van der Waals surface area contributed by atoms with Gasteiger partial charge in [0.1, 0.15) is 10.8 Å². The van der Waals surface area contributed by atoms with Crippen LogP contribution in [-0.4, -0.2) is 15.4 Å². The predicted molar refractivity (Wildman–Crippen MR) is 43.4 cm³/mol. The summed E-state index contributed by atoms with van der Waals surface area (Å²) in [6.45, 7) is -0.164. The highest BCUT2D eigenvalue weighted by Crippen LogP contribution is 2.37. The first-order valence-electron chi connectivity index (χ1n) is 3.33. The molecule has 0 heterocycles. The van der Waals surface area contributed by atoms with E-state index in [4.69, 9.17) is 21.9 Å². The van der Waals surface area contributed by atoms with Crippen LogP contribution >= 0.6 is 11.6 Å². The highest BCUT2D eigenvalue weighted by molar-refractivity contribution is 6.33. The standard InChI is InChI=1S/C7H7ClFNO3/c8-5-6(11)3(2-10-13)1-4(9)7(5)12/h1,10-13H,2H2. The van der Waals surface area contributed by atoms with Gasteiger partial charge in [-0.3, -0.25) is 0 Å². The second-order valence-corrected chi connectivity index (χ2v) is 2.74. The van der Waals surface area contributed by atoms with Crippen LogP contribution < -0.4 is 5.48 Å². The third-order valence-electron chi connectivity index (χ3n) is 1.52. The van der Waals surface area contributed by atoms with Crippen LogP contribution in [0.5, 0.6) is 11.5 Å². The Labute approximate surface area is 78.2 Å². The summed E-state index contributed by atoms with van der Waals surface area (Å²) in [5.41, 5.74) is 1.79. The molecule has 0 spiro atoms. The van der Waals surface area contributed by atoms with Crippen molar-refractivity contribution in [2.45, 2.75) is 6.54 Å².